The van der Waals surface area contributed by atoms with Gasteiger partial charge in [-0.25, -0.2) is 0 Å². The Morgan fingerprint density at radius 1 is 1.40 bits per heavy atom. The first-order valence-corrected chi connectivity index (χ1v) is 7.38. The molecule has 0 saturated carbocycles. The molecule has 1 fully saturated rings. The zero-order chi connectivity index (χ0) is 14.1. The van der Waals surface area contributed by atoms with Crippen LogP contribution in [0.1, 0.15) is 28.9 Å². The van der Waals surface area contributed by atoms with E-state index in [-0.39, 0.29) is 11.3 Å². The molecule has 2 heterocycles. The quantitative estimate of drug-likeness (QED) is 0.754. The van der Waals surface area contributed by atoms with E-state index in [2.05, 4.69) is 4.98 Å². The van der Waals surface area contributed by atoms with E-state index in [9.17, 15) is 4.79 Å². The standard InChI is InChI=1S/C16H17ClN2O/c1-11-9-14(13-6-2-3-7-15(13)18-11)16(20)19-8-4-5-12(17)10-19/h2-3,6-7,9,12H,4-5,8,10H2,1H3. The van der Waals surface area contributed by atoms with E-state index < -0.39 is 0 Å². The molecule has 0 N–H and O–H groups in total. The third-order valence-electron chi connectivity index (χ3n) is 3.73. The van der Waals surface area contributed by atoms with Crippen molar-refractivity contribution in [2.75, 3.05) is 13.1 Å². The second kappa shape index (κ2) is 5.41. The van der Waals surface area contributed by atoms with Crippen LogP contribution in [0.3, 0.4) is 0 Å². The Bertz CT molecular complexity index is 656. The molecule has 1 aromatic heterocycles. The fourth-order valence-corrected chi connectivity index (χ4v) is 3.09. The molecule has 3 rings (SSSR count). The lowest BCUT2D eigenvalue weighted by Crippen LogP contribution is -2.40. The zero-order valence-electron chi connectivity index (χ0n) is 11.5. The van der Waals surface area contributed by atoms with E-state index in [1.807, 2.05) is 42.2 Å². The summed E-state index contributed by atoms with van der Waals surface area (Å²) in [5.41, 5.74) is 2.47. The molecule has 1 amide bonds. The number of fused-ring (bicyclic) bond motifs is 1. The lowest BCUT2D eigenvalue weighted by atomic mass is 10.0. The number of piperidine rings is 1. The van der Waals surface area contributed by atoms with Gasteiger partial charge in [0.05, 0.1) is 16.5 Å². The summed E-state index contributed by atoms with van der Waals surface area (Å²) in [6.07, 6.45) is 1.96. The third-order valence-corrected chi connectivity index (χ3v) is 4.08. The number of hydrogen-bond donors (Lipinski definition) is 0. The lowest BCUT2D eigenvalue weighted by Gasteiger charge is -2.30. The Labute approximate surface area is 123 Å². The molecule has 3 nitrogen and oxygen atoms in total. The van der Waals surface area contributed by atoms with E-state index in [0.717, 1.165) is 41.5 Å². The summed E-state index contributed by atoms with van der Waals surface area (Å²) in [5.74, 6) is 0.0667. The zero-order valence-corrected chi connectivity index (χ0v) is 12.2. The van der Waals surface area contributed by atoms with Gasteiger partial charge in [-0.1, -0.05) is 18.2 Å². The number of hydrogen-bond acceptors (Lipinski definition) is 2. The molecule has 0 aliphatic carbocycles. The fraction of sp³-hybridized carbons (Fsp3) is 0.375. The van der Waals surface area contributed by atoms with Crippen LogP contribution in [0.15, 0.2) is 30.3 Å². The van der Waals surface area contributed by atoms with Crippen molar-refractivity contribution in [3.63, 3.8) is 0 Å². The van der Waals surface area contributed by atoms with Crippen molar-refractivity contribution < 1.29 is 4.79 Å². The Balaban J connectivity index is 2.02. The van der Waals surface area contributed by atoms with Gasteiger partial charge in [0.15, 0.2) is 0 Å². The number of carbonyl (C=O) groups is 1. The van der Waals surface area contributed by atoms with Crippen molar-refractivity contribution >= 4 is 28.4 Å². The predicted molar refractivity (Wildman–Crippen MR) is 81.3 cm³/mol. The second-order valence-electron chi connectivity index (χ2n) is 5.32. The molecule has 1 aliphatic rings. The molecular weight excluding hydrogens is 272 g/mol. The summed E-state index contributed by atoms with van der Waals surface area (Å²) in [7, 11) is 0. The average Bonchev–Trinajstić information content (AvgIpc) is 2.45. The van der Waals surface area contributed by atoms with Crippen LogP contribution in [-0.2, 0) is 0 Å². The number of para-hydroxylation sites is 1. The Kier molecular flexibility index (Phi) is 3.62. The molecular formula is C16H17ClN2O. The van der Waals surface area contributed by atoms with Gasteiger partial charge in [-0.05, 0) is 31.9 Å². The SMILES string of the molecule is Cc1cc(C(=O)N2CCCC(Cl)C2)c2ccccc2n1. The van der Waals surface area contributed by atoms with Crippen molar-refractivity contribution in [2.24, 2.45) is 0 Å². The average molecular weight is 289 g/mol. The van der Waals surface area contributed by atoms with Crippen LogP contribution >= 0.6 is 11.6 Å². The van der Waals surface area contributed by atoms with Crippen LogP contribution in [0, 0.1) is 6.92 Å². The van der Waals surface area contributed by atoms with Crippen molar-refractivity contribution in [1.82, 2.24) is 9.88 Å². The van der Waals surface area contributed by atoms with E-state index in [4.69, 9.17) is 11.6 Å². The molecule has 104 valence electrons. The number of pyridine rings is 1. The molecule has 0 radical (unpaired) electrons. The van der Waals surface area contributed by atoms with Crippen LogP contribution in [0.25, 0.3) is 10.9 Å². The molecule has 2 aromatic rings. The number of benzene rings is 1. The number of amides is 1. The summed E-state index contributed by atoms with van der Waals surface area (Å²) < 4.78 is 0. The van der Waals surface area contributed by atoms with E-state index >= 15 is 0 Å². The lowest BCUT2D eigenvalue weighted by molar-refractivity contribution is 0.0729. The number of halogens is 1. The largest absolute Gasteiger partial charge is 0.337 e. The first-order valence-electron chi connectivity index (χ1n) is 6.95. The number of carbonyl (C=O) groups excluding carboxylic acids is 1. The predicted octanol–water partition coefficient (Wildman–Crippen LogP) is 3.39. The van der Waals surface area contributed by atoms with Crippen LogP contribution in [-0.4, -0.2) is 34.3 Å². The summed E-state index contributed by atoms with van der Waals surface area (Å²) in [6.45, 7) is 3.34. The summed E-state index contributed by atoms with van der Waals surface area (Å²) >= 11 is 6.19. The van der Waals surface area contributed by atoms with Crippen molar-refractivity contribution in [3.05, 3.63) is 41.6 Å². The first kappa shape index (κ1) is 13.4. The Morgan fingerprint density at radius 3 is 3.00 bits per heavy atom. The fourth-order valence-electron chi connectivity index (χ4n) is 2.76. The maximum Gasteiger partial charge on any atom is 0.254 e. The maximum absolute atomic E-state index is 12.8. The second-order valence-corrected chi connectivity index (χ2v) is 5.94. The number of aryl methyl sites for hydroxylation is 1. The molecule has 0 spiro atoms. The number of likely N-dealkylation sites (tertiary alicyclic amines) is 1. The van der Waals surface area contributed by atoms with Crippen LogP contribution in [0.4, 0.5) is 0 Å². The number of nitrogens with zero attached hydrogens (tertiary/aromatic N) is 2. The summed E-state index contributed by atoms with van der Waals surface area (Å²) in [6, 6.07) is 9.66. The highest BCUT2D eigenvalue weighted by atomic mass is 35.5. The summed E-state index contributed by atoms with van der Waals surface area (Å²) in [4.78, 5) is 19.1. The van der Waals surface area contributed by atoms with Crippen LogP contribution in [0.5, 0.6) is 0 Å². The highest BCUT2D eigenvalue weighted by molar-refractivity contribution is 6.21. The number of rotatable bonds is 1. The Hall–Kier alpha value is -1.61. The van der Waals surface area contributed by atoms with Gasteiger partial charge in [0.1, 0.15) is 0 Å². The molecule has 1 saturated heterocycles. The highest BCUT2D eigenvalue weighted by Gasteiger charge is 2.24. The molecule has 4 heteroatoms. The van der Waals surface area contributed by atoms with Gasteiger partial charge in [0.25, 0.3) is 5.91 Å². The smallest absolute Gasteiger partial charge is 0.254 e. The maximum atomic E-state index is 12.8. The van der Waals surface area contributed by atoms with Gasteiger partial charge in [-0.15, -0.1) is 11.6 Å². The molecule has 20 heavy (non-hydrogen) atoms. The van der Waals surface area contributed by atoms with Gasteiger partial charge >= 0.3 is 0 Å². The van der Waals surface area contributed by atoms with Crippen LogP contribution < -0.4 is 0 Å². The van der Waals surface area contributed by atoms with Gasteiger partial charge in [0, 0.05) is 24.2 Å². The third kappa shape index (κ3) is 2.50. The van der Waals surface area contributed by atoms with E-state index in [1.54, 1.807) is 0 Å². The minimum absolute atomic E-state index is 0.0667. The minimum Gasteiger partial charge on any atom is -0.337 e. The molecule has 0 bridgehead atoms. The minimum atomic E-state index is 0.0667. The van der Waals surface area contributed by atoms with Gasteiger partial charge in [-0.2, -0.15) is 0 Å². The first-order chi connectivity index (χ1) is 9.65. The topological polar surface area (TPSA) is 33.2 Å². The van der Waals surface area contributed by atoms with E-state index in [0.29, 0.717) is 6.54 Å². The van der Waals surface area contributed by atoms with Gasteiger partial charge in [-0.3, -0.25) is 9.78 Å². The summed E-state index contributed by atoms with van der Waals surface area (Å²) in [5, 5.41) is 0.988. The number of aromatic nitrogens is 1. The van der Waals surface area contributed by atoms with Crippen molar-refractivity contribution in [2.45, 2.75) is 25.1 Å². The number of alkyl halides is 1. The van der Waals surface area contributed by atoms with Gasteiger partial charge < -0.3 is 4.90 Å². The highest BCUT2D eigenvalue weighted by Crippen LogP contribution is 2.22. The molecule has 1 aliphatic heterocycles. The van der Waals surface area contributed by atoms with E-state index in [1.165, 1.54) is 0 Å². The molecule has 1 unspecified atom stereocenters. The molecule has 1 atom stereocenters. The normalized spacial score (nSPS) is 19.3. The Morgan fingerprint density at radius 2 is 2.20 bits per heavy atom. The van der Waals surface area contributed by atoms with Crippen molar-refractivity contribution in [3.8, 4) is 0 Å². The van der Waals surface area contributed by atoms with Gasteiger partial charge in [0.2, 0.25) is 0 Å². The van der Waals surface area contributed by atoms with Crippen LogP contribution in [0.2, 0.25) is 0 Å². The van der Waals surface area contributed by atoms with Crippen molar-refractivity contribution in [1.29, 1.82) is 0 Å². The monoisotopic (exact) mass is 288 g/mol. The molecule has 1 aromatic carbocycles.